The molecule has 42 heavy (non-hydrogen) atoms. The molecule has 1 heterocycles. The zero-order chi connectivity index (χ0) is 28.9. The first-order chi connectivity index (χ1) is 20.6. The Balaban J connectivity index is 1.39. The number of nitrogens with one attached hydrogen (secondary N) is 1. The van der Waals surface area contributed by atoms with Crippen LogP contribution in [0.1, 0.15) is 40.3 Å². The monoisotopic (exact) mass is 624 g/mol. The Labute approximate surface area is 254 Å². The van der Waals surface area contributed by atoms with E-state index in [9.17, 15) is 4.79 Å². The number of amides is 1. The SMILES string of the molecule is O=C(NC1Cc2ccccc2C1)[C@]1(Cc2ccccc2Br)N=C(c2ccc(OCCCO)cc2)O[C@@H]1c1ccccc1. The summed E-state index contributed by atoms with van der Waals surface area (Å²) in [5, 5.41) is 12.4. The quantitative estimate of drug-likeness (QED) is 0.212. The van der Waals surface area contributed by atoms with Crippen LogP contribution in [0.5, 0.6) is 5.75 Å². The van der Waals surface area contributed by atoms with Crippen molar-refractivity contribution in [3.8, 4) is 5.75 Å². The lowest BCUT2D eigenvalue weighted by atomic mass is 9.81. The molecule has 6 rings (SSSR count). The summed E-state index contributed by atoms with van der Waals surface area (Å²) >= 11 is 3.70. The number of benzene rings is 4. The largest absolute Gasteiger partial charge is 0.494 e. The molecule has 0 saturated carbocycles. The maximum Gasteiger partial charge on any atom is 0.252 e. The summed E-state index contributed by atoms with van der Waals surface area (Å²) in [6, 6.07) is 33.7. The molecule has 2 aliphatic rings. The molecule has 0 radical (unpaired) electrons. The number of rotatable bonds is 10. The van der Waals surface area contributed by atoms with Gasteiger partial charge in [0.15, 0.2) is 11.6 Å². The van der Waals surface area contributed by atoms with Gasteiger partial charge in [-0.15, -0.1) is 0 Å². The average Bonchev–Trinajstić information content (AvgIpc) is 3.61. The van der Waals surface area contributed by atoms with Crippen molar-refractivity contribution in [2.45, 2.75) is 43.4 Å². The molecule has 0 aromatic heterocycles. The Kier molecular flexibility index (Phi) is 8.40. The van der Waals surface area contributed by atoms with E-state index in [0.717, 1.165) is 34.0 Å². The molecular formula is C35H33BrN2O4. The number of fused-ring (bicyclic) bond motifs is 1. The van der Waals surface area contributed by atoms with Gasteiger partial charge in [-0.1, -0.05) is 88.7 Å². The molecule has 214 valence electrons. The Morgan fingerprint density at radius 1 is 0.929 bits per heavy atom. The highest BCUT2D eigenvalue weighted by atomic mass is 79.9. The van der Waals surface area contributed by atoms with Gasteiger partial charge in [-0.3, -0.25) is 4.79 Å². The first-order valence-corrected chi connectivity index (χ1v) is 15.1. The van der Waals surface area contributed by atoms with Gasteiger partial charge in [0.2, 0.25) is 5.90 Å². The highest BCUT2D eigenvalue weighted by Gasteiger charge is 2.54. The maximum atomic E-state index is 14.6. The summed E-state index contributed by atoms with van der Waals surface area (Å²) in [6.45, 7) is 0.516. The Morgan fingerprint density at radius 3 is 2.29 bits per heavy atom. The molecule has 0 fully saturated rings. The first-order valence-electron chi connectivity index (χ1n) is 14.3. The zero-order valence-electron chi connectivity index (χ0n) is 23.2. The Bertz CT molecular complexity index is 1550. The van der Waals surface area contributed by atoms with E-state index in [1.54, 1.807) is 0 Å². The van der Waals surface area contributed by atoms with Crippen LogP contribution in [-0.2, 0) is 28.8 Å². The summed E-state index contributed by atoms with van der Waals surface area (Å²) in [7, 11) is 0. The van der Waals surface area contributed by atoms with Crippen molar-refractivity contribution in [2.24, 2.45) is 4.99 Å². The van der Waals surface area contributed by atoms with Gasteiger partial charge >= 0.3 is 0 Å². The average molecular weight is 626 g/mol. The molecular weight excluding hydrogens is 592 g/mol. The molecule has 1 aliphatic carbocycles. The van der Waals surface area contributed by atoms with E-state index in [-0.39, 0.29) is 18.6 Å². The van der Waals surface area contributed by atoms with Gasteiger partial charge in [-0.05, 0) is 65.4 Å². The van der Waals surface area contributed by atoms with Crippen molar-refractivity contribution in [3.63, 3.8) is 0 Å². The van der Waals surface area contributed by atoms with Crippen LogP contribution in [0.2, 0.25) is 0 Å². The van der Waals surface area contributed by atoms with E-state index in [1.807, 2.05) is 91.0 Å². The summed E-state index contributed by atoms with van der Waals surface area (Å²) in [5.74, 6) is 0.968. The number of aliphatic hydroxyl groups is 1. The second-order valence-electron chi connectivity index (χ2n) is 10.8. The van der Waals surface area contributed by atoms with Crippen LogP contribution in [0.25, 0.3) is 0 Å². The molecule has 0 unspecified atom stereocenters. The van der Waals surface area contributed by atoms with E-state index in [4.69, 9.17) is 19.6 Å². The molecule has 0 spiro atoms. The molecule has 6 nitrogen and oxygen atoms in total. The van der Waals surface area contributed by atoms with Crippen LogP contribution < -0.4 is 10.1 Å². The standard InChI is InChI=1S/C35H33BrN2O4/c36-31-14-7-6-13-28(31)23-35(34(40)37-29-21-26-11-4-5-12-27(26)22-29)32(24-9-2-1-3-10-24)42-33(38-35)25-15-17-30(18-16-25)41-20-8-19-39/h1-7,9-18,29,32,39H,8,19-23H2,(H,37,40)/t32-,35-/m1/s1. The number of halogens is 1. The number of hydrogen-bond acceptors (Lipinski definition) is 5. The minimum absolute atomic E-state index is 0.0167. The van der Waals surface area contributed by atoms with Crippen LogP contribution in [0.3, 0.4) is 0 Å². The summed E-state index contributed by atoms with van der Waals surface area (Å²) in [6.07, 6.45) is 1.86. The van der Waals surface area contributed by atoms with Crippen LogP contribution >= 0.6 is 15.9 Å². The number of carbonyl (C=O) groups excluding carboxylic acids is 1. The molecule has 0 saturated heterocycles. The van der Waals surface area contributed by atoms with E-state index < -0.39 is 11.6 Å². The smallest absolute Gasteiger partial charge is 0.252 e. The van der Waals surface area contributed by atoms with Gasteiger partial charge in [0.1, 0.15) is 5.75 Å². The zero-order valence-corrected chi connectivity index (χ0v) is 24.8. The molecule has 7 heteroatoms. The normalized spacial score (nSPS) is 19.6. The molecule has 2 N–H and O–H groups in total. The highest BCUT2D eigenvalue weighted by Crippen LogP contribution is 2.43. The van der Waals surface area contributed by atoms with E-state index in [1.165, 1.54) is 11.1 Å². The number of aliphatic hydroxyl groups excluding tert-OH is 1. The third-order valence-corrected chi connectivity index (χ3v) is 8.71. The van der Waals surface area contributed by atoms with Gasteiger partial charge < -0.3 is 19.9 Å². The molecule has 4 aromatic rings. The first kappa shape index (κ1) is 28.2. The van der Waals surface area contributed by atoms with Gasteiger partial charge in [-0.2, -0.15) is 0 Å². The van der Waals surface area contributed by atoms with Gasteiger partial charge in [0.25, 0.3) is 5.91 Å². The Morgan fingerprint density at radius 2 is 1.60 bits per heavy atom. The van der Waals surface area contributed by atoms with E-state index >= 15 is 0 Å². The number of carbonyl (C=O) groups is 1. The predicted molar refractivity (Wildman–Crippen MR) is 167 cm³/mol. The second kappa shape index (κ2) is 12.5. The number of ether oxygens (including phenoxy) is 2. The third kappa shape index (κ3) is 5.85. The summed E-state index contributed by atoms with van der Waals surface area (Å²) < 4.78 is 13.3. The number of aliphatic imine (C=N–C) groups is 1. The predicted octanol–water partition coefficient (Wildman–Crippen LogP) is 5.99. The molecule has 2 atom stereocenters. The fraction of sp³-hybridized carbons (Fsp3) is 0.257. The minimum Gasteiger partial charge on any atom is -0.494 e. The van der Waals surface area contributed by atoms with Crippen molar-refractivity contribution >= 4 is 27.7 Å². The number of hydrogen-bond donors (Lipinski definition) is 2. The van der Waals surface area contributed by atoms with Gasteiger partial charge in [0.05, 0.1) is 6.61 Å². The maximum absolute atomic E-state index is 14.6. The molecule has 1 amide bonds. The van der Waals surface area contributed by atoms with Crippen LogP contribution in [0.4, 0.5) is 0 Å². The van der Waals surface area contributed by atoms with Crippen LogP contribution in [0.15, 0.2) is 113 Å². The summed E-state index contributed by atoms with van der Waals surface area (Å²) in [4.78, 5) is 19.8. The lowest BCUT2D eigenvalue weighted by molar-refractivity contribution is -0.129. The fourth-order valence-corrected chi connectivity index (χ4v) is 6.24. The van der Waals surface area contributed by atoms with Gasteiger partial charge in [0, 0.05) is 35.5 Å². The number of nitrogens with zero attached hydrogens (tertiary/aromatic N) is 1. The van der Waals surface area contributed by atoms with Crippen molar-refractivity contribution in [1.82, 2.24) is 5.32 Å². The highest BCUT2D eigenvalue weighted by molar-refractivity contribution is 9.10. The lowest BCUT2D eigenvalue weighted by Crippen LogP contribution is -2.53. The van der Waals surface area contributed by atoms with Crippen molar-refractivity contribution in [1.29, 1.82) is 0 Å². The van der Waals surface area contributed by atoms with E-state index in [2.05, 4.69) is 33.4 Å². The van der Waals surface area contributed by atoms with Crippen molar-refractivity contribution in [2.75, 3.05) is 13.2 Å². The summed E-state index contributed by atoms with van der Waals surface area (Å²) in [5.41, 5.74) is 3.93. The topological polar surface area (TPSA) is 80.2 Å². The lowest BCUT2D eigenvalue weighted by Gasteiger charge is -2.32. The molecule has 4 aromatic carbocycles. The van der Waals surface area contributed by atoms with Crippen LogP contribution in [-0.4, -0.2) is 41.7 Å². The molecule has 1 aliphatic heterocycles. The van der Waals surface area contributed by atoms with Crippen LogP contribution in [0, 0.1) is 0 Å². The van der Waals surface area contributed by atoms with Crippen molar-refractivity contribution in [3.05, 3.63) is 135 Å². The second-order valence-corrected chi connectivity index (χ2v) is 11.7. The minimum atomic E-state index is -1.24. The third-order valence-electron chi connectivity index (χ3n) is 7.94. The molecule has 0 bridgehead atoms. The van der Waals surface area contributed by atoms with E-state index in [0.29, 0.717) is 31.1 Å². The Hall–Kier alpha value is -3.94. The van der Waals surface area contributed by atoms with Crippen molar-refractivity contribution < 1.29 is 19.4 Å². The van der Waals surface area contributed by atoms with Gasteiger partial charge in [-0.25, -0.2) is 4.99 Å². The fourth-order valence-electron chi connectivity index (χ4n) is 5.81.